The summed E-state index contributed by atoms with van der Waals surface area (Å²) in [7, 11) is 3.01. The van der Waals surface area contributed by atoms with Crippen LogP contribution in [0.1, 0.15) is 50.4 Å². The van der Waals surface area contributed by atoms with Crippen LogP contribution in [0.5, 0.6) is 23.0 Å². The molecular weight excluding hydrogens is 620 g/mol. The molecule has 2 heterocycles. The second kappa shape index (κ2) is 14.5. The molecule has 4 aromatic rings. The first-order chi connectivity index (χ1) is 22.6. The van der Waals surface area contributed by atoms with Crippen LogP contribution in [-0.2, 0) is 20.9 Å². The SMILES string of the molecule is COc1cc(/C=c2/sc3n(c2=O)[C@@H](c2ccc(OC(C)=O)c(OC)c2)C(C(=O)OCC(C)C)=C(C)N=3)ccc1OCc1ccccc1. The fourth-order valence-corrected chi connectivity index (χ4v) is 6.14. The minimum absolute atomic E-state index is 0.106. The number of rotatable bonds is 11. The summed E-state index contributed by atoms with van der Waals surface area (Å²) < 4.78 is 29.9. The molecule has 0 fully saturated rings. The van der Waals surface area contributed by atoms with Crippen molar-refractivity contribution in [2.75, 3.05) is 20.8 Å². The van der Waals surface area contributed by atoms with Crippen LogP contribution in [0, 0.1) is 5.92 Å². The molecule has 1 aliphatic rings. The largest absolute Gasteiger partial charge is 0.493 e. The van der Waals surface area contributed by atoms with Gasteiger partial charge in [0, 0.05) is 6.92 Å². The van der Waals surface area contributed by atoms with Crippen LogP contribution in [-0.4, -0.2) is 37.3 Å². The second-order valence-electron chi connectivity index (χ2n) is 11.3. The van der Waals surface area contributed by atoms with Gasteiger partial charge in [-0.3, -0.25) is 14.2 Å². The average molecular weight is 657 g/mol. The van der Waals surface area contributed by atoms with E-state index in [0.29, 0.717) is 38.7 Å². The number of ether oxygens (including phenoxy) is 5. The molecule has 0 aliphatic carbocycles. The minimum Gasteiger partial charge on any atom is -0.493 e. The van der Waals surface area contributed by atoms with Crippen LogP contribution >= 0.6 is 11.3 Å². The monoisotopic (exact) mass is 656 g/mol. The Balaban J connectivity index is 1.58. The first-order valence-corrected chi connectivity index (χ1v) is 15.8. The molecule has 0 N–H and O–H groups in total. The lowest BCUT2D eigenvalue weighted by Gasteiger charge is -2.25. The van der Waals surface area contributed by atoms with E-state index in [1.165, 1.54) is 29.9 Å². The Morgan fingerprint density at radius 3 is 2.34 bits per heavy atom. The number of benzene rings is 3. The first-order valence-electron chi connectivity index (χ1n) is 15.0. The topological polar surface area (TPSA) is 115 Å². The van der Waals surface area contributed by atoms with Crippen LogP contribution in [0.2, 0.25) is 0 Å². The third kappa shape index (κ3) is 7.47. The number of methoxy groups -OCH3 is 2. The van der Waals surface area contributed by atoms with Crippen molar-refractivity contribution in [1.82, 2.24) is 4.57 Å². The van der Waals surface area contributed by atoms with Gasteiger partial charge in [0.05, 0.1) is 42.7 Å². The molecular formula is C36H36N2O8S. The highest BCUT2D eigenvalue weighted by molar-refractivity contribution is 7.07. The van der Waals surface area contributed by atoms with Crippen molar-refractivity contribution in [1.29, 1.82) is 0 Å². The Labute approximate surface area is 276 Å². The fraction of sp³-hybridized carbons (Fsp3) is 0.278. The predicted molar refractivity (Wildman–Crippen MR) is 178 cm³/mol. The summed E-state index contributed by atoms with van der Waals surface area (Å²) in [6.45, 7) is 7.48. The van der Waals surface area contributed by atoms with Crippen LogP contribution in [0.25, 0.3) is 6.08 Å². The van der Waals surface area contributed by atoms with Gasteiger partial charge in [-0.2, -0.15) is 0 Å². The molecule has 1 aromatic heterocycles. The molecule has 244 valence electrons. The van der Waals surface area contributed by atoms with Crippen molar-refractivity contribution >= 4 is 29.4 Å². The van der Waals surface area contributed by atoms with Crippen molar-refractivity contribution in [3.8, 4) is 23.0 Å². The molecule has 47 heavy (non-hydrogen) atoms. The van der Waals surface area contributed by atoms with Crippen molar-refractivity contribution in [2.24, 2.45) is 10.9 Å². The number of nitrogens with zero attached hydrogens (tertiary/aromatic N) is 2. The number of esters is 2. The van der Waals surface area contributed by atoms with Crippen molar-refractivity contribution in [2.45, 2.75) is 40.3 Å². The molecule has 11 heteroatoms. The lowest BCUT2D eigenvalue weighted by molar-refractivity contribution is -0.140. The highest BCUT2D eigenvalue weighted by Gasteiger charge is 2.34. The molecule has 10 nitrogen and oxygen atoms in total. The van der Waals surface area contributed by atoms with Gasteiger partial charge in [0.25, 0.3) is 5.56 Å². The number of fused-ring (bicyclic) bond motifs is 1. The van der Waals surface area contributed by atoms with Gasteiger partial charge in [-0.1, -0.05) is 67.6 Å². The maximum Gasteiger partial charge on any atom is 0.338 e. The molecule has 3 aromatic carbocycles. The first kappa shape index (κ1) is 33.2. The highest BCUT2D eigenvalue weighted by Crippen LogP contribution is 2.36. The number of allylic oxidation sites excluding steroid dienone is 1. The summed E-state index contributed by atoms with van der Waals surface area (Å²) in [6, 6.07) is 19.3. The molecule has 0 radical (unpaired) electrons. The minimum atomic E-state index is -0.878. The number of carbonyl (C=O) groups is 2. The zero-order valence-corrected chi connectivity index (χ0v) is 27.9. The Bertz CT molecular complexity index is 2010. The quantitative estimate of drug-likeness (QED) is 0.165. The Hall–Kier alpha value is -5.16. The van der Waals surface area contributed by atoms with E-state index in [4.69, 9.17) is 23.7 Å². The van der Waals surface area contributed by atoms with E-state index in [1.807, 2.05) is 50.2 Å². The van der Waals surface area contributed by atoms with E-state index in [2.05, 4.69) is 4.99 Å². The Morgan fingerprint density at radius 2 is 1.66 bits per heavy atom. The summed E-state index contributed by atoms with van der Waals surface area (Å²) in [5.74, 6) is 0.600. The van der Waals surface area contributed by atoms with Gasteiger partial charge in [0.2, 0.25) is 0 Å². The molecule has 0 bridgehead atoms. The molecule has 0 spiro atoms. The van der Waals surface area contributed by atoms with E-state index in [1.54, 1.807) is 50.4 Å². The fourth-order valence-electron chi connectivity index (χ4n) is 5.09. The van der Waals surface area contributed by atoms with Crippen LogP contribution in [0.15, 0.2) is 87.8 Å². The van der Waals surface area contributed by atoms with Gasteiger partial charge >= 0.3 is 11.9 Å². The second-order valence-corrected chi connectivity index (χ2v) is 12.3. The summed E-state index contributed by atoms with van der Waals surface area (Å²) >= 11 is 1.21. The van der Waals surface area contributed by atoms with Crippen molar-refractivity contribution in [3.63, 3.8) is 0 Å². The van der Waals surface area contributed by atoms with E-state index < -0.39 is 18.0 Å². The molecule has 1 atom stereocenters. The maximum absolute atomic E-state index is 14.1. The number of thiazole rings is 1. The molecule has 0 saturated heterocycles. The van der Waals surface area contributed by atoms with E-state index >= 15 is 0 Å². The van der Waals surface area contributed by atoms with Crippen molar-refractivity contribution in [3.05, 3.63) is 114 Å². The lowest BCUT2D eigenvalue weighted by Crippen LogP contribution is -2.40. The molecule has 0 saturated carbocycles. The smallest absolute Gasteiger partial charge is 0.338 e. The van der Waals surface area contributed by atoms with Gasteiger partial charge in [-0.05, 0) is 59.9 Å². The Kier molecular flexibility index (Phi) is 10.3. The third-order valence-electron chi connectivity index (χ3n) is 7.27. The summed E-state index contributed by atoms with van der Waals surface area (Å²) in [4.78, 5) is 44.4. The molecule has 0 amide bonds. The van der Waals surface area contributed by atoms with Gasteiger partial charge in [0.1, 0.15) is 6.61 Å². The van der Waals surface area contributed by atoms with E-state index in [-0.39, 0.29) is 35.2 Å². The molecule has 0 unspecified atom stereocenters. The number of hydrogen-bond donors (Lipinski definition) is 0. The standard InChI is InChI=1S/C36H36N2O8S/c1-21(2)19-45-35(41)32-22(3)37-36-38(33(32)26-13-15-28(46-23(4)39)30(18-26)43-6)34(40)31(47-36)17-25-12-14-27(29(16-25)42-5)44-20-24-10-8-7-9-11-24/h7-18,21,33H,19-20H2,1-6H3/b31-17+/t33-/m0/s1. The zero-order chi connectivity index (χ0) is 33.7. The zero-order valence-electron chi connectivity index (χ0n) is 27.1. The predicted octanol–water partition coefficient (Wildman–Crippen LogP) is 4.96. The van der Waals surface area contributed by atoms with Crippen LogP contribution in [0.3, 0.4) is 0 Å². The Morgan fingerprint density at radius 1 is 0.957 bits per heavy atom. The van der Waals surface area contributed by atoms with E-state index in [9.17, 15) is 14.4 Å². The summed E-state index contributed by atoms with van der Waals surface area (Å²) in [5.41, 5.74) is 2.62. The number of aromatic nitrogens is 1. The normalized spacial score (nSPS) is 14.4. The van der Waals surface area contributed by atoms with Gasteiger partial charge in [0.15, 0.2) is 27.8 Å². The highest BCUT2D eigenvalue weighted by atomic mass is 32.1. The summed E-state index contributed by atoms with van der Waals surface area (Å²) in [6.07, 6.45) is 1.75. The number of hydrogen-bond acceptors (Lipinski definition) is 10. The van der Waals surface area contributed by atoms with Gasteiger partial charge in [-0.25, -0.2) is 9.79 Å². The maximum atomic E-state index is 14.1. The van der Waals surface area contributed by atoms with Gasteiger partial charge in [-0.15, -0.1) is 0 Å². The third-order valence-corrected chi connectivity index (χ3v) is 8.25. The van der Waals surface area contributed by atoms with Crippen molar-refractivity contribution < 1.29 is 33.3 Å². The summed E-state index contributed by atoms with van der Waals surface area (Å²) in [5, 5.41) is 0. The van der Waals surface area contributed by atoms with E-state index in [0.717, 1.165) is 11.1 Å². The van der Waals surface area contributed by atoms with Crippen LogP contribution < -0.4 is 33.8 Å². The number of carbonyl (C=O) groups excluding carboxylic acids is 2. The van der Waals surface area contributed by atoms with Crippen LogP contribution in [0.4, 0.5) is 0 Å². The van der Waals surface area contributed by atoms with Gasteiger partial charge < -0.3 is 23.7 Å². The average Bonchev–Trinajstić information content (AvgIpc) is 3.36. The lowest BCUT2D eigenvalue weighted by atomic mass is 9.95. The molecule has 1 aliphatic heterocycles. The molecule has 5 rings (SSSR count).